The fraction of sp³-hybridized carbons (Fsp3) is 0.529. The number of unbranched alkanes of at least 4 members (excludes halogenated alkanes) is 1. The normalized spacial score (nSPS) is 10.6. The predicted octanol–water partition coefficient (Wildman–Crippen LogP) is 2.46. The summed E-state index contributed by atoms with van der Waals surface area (Å²) in [5.41, 5.74) is 0.369. The van der Waals surface area contributed by atoms with Gasteiger partial charge in [-0.05, 0) is 18.6 Å². The smallest absolute Gasteiger partial charge is 0.339 e. The zero-order valence-electron chi connectivity index (χ0n) is 13.9. The molecule has 0 aromatic heterocycles. The van der Waals surface area contributed by atoms with Gasteiger partial charge in [0.2, 0.25) is 0 Å². The molecule has 0 fully saturated rings. The molecular weight excluding hydrogens is 300 g/mol. The molecule has 6 nitrogen and oxygen atoms in total. The van der Waals surface area contributed by atoms with Crippen molar-refractivity contribution in [3.05, 3.63) is 35.4 Å². The third-order valence-electron chi connectivity index (χ3n) is 3.08. The van der Waals surface area contributed by atoms with Crippen LogP contribution in [0.3, 0.4) is 0 Å². The summed E-state index contributed by atoms with van der Waals surface area (Å²) in [7, 11) is 3.02. The summed E-state index contributed by atoms with van der Waals surface area (Å²) in [6, 6.07) is 6.43. The Hall–Kier alpha value is -1.92. The van der Waals surface area contributed by atoms with E-state index in [1.807, 2.05) is 6.92 Å². The van der Waals surface area contributed by atoms with Gasteiger partial charge >= 0.3 is 11.9 Å². The van der Waals surface area contributed by atoms with Crippen LogP contribution in [0.25, 0.3) is 0 Å². The van der Waals surface area contributed by atoms with Crippen LogP contribution in [-0.4, -0.2) is 52.1 Å². The van der Waals surface area contributed by atoms with Crippen LogP contribution in [0.4, 0.5) is 0 Å². The zero-order chi connectivity index (χ0) is 17.1. The van der Waals surface area contributed by atoms with Gasteiger partial charge in [-0.15, -0.1) is 0 Å². The van der Waals surface area contributed by atoms with Crippen LogP contribution < -0.4 is 0 Å². The van der Waals surface area contributed by atoms with Crippen molar-refractivity contribution >= 4 is 11.9 Å². The molecule has 0 bridgehead atoms. The Labute approximate surface area is 136 Å². The first-order valence-corrected chi connectivity index (χ1v) is 7.59. The van der Waals surface area contributed by atoms with Crippen LogP contribution in [-0.2, 0) is 18.9 Å². The summed E-state index contributed by atoms with van der Waals surface area (Å²) >= 11 is 0. The molecule has 0 heterocycles. The molecular formula is C17H24O6. The number of hydrogen-bond donors (Lipinski definition) is 0. The first-order chi connectivity index (χ1) is 11.1. The first-order valence-electron chi connectivity index (χ1n) is 7.59. The van der Waals surface area contributed by atoms with Gasteiger partial charge in [-0.3, -0.25) is 0 Å². The highest BCUT2D eigenvalue weighted by molar-refractivity contribution is 6.03. The van der Waals surface area contributed by atoms with E-state index in [0.29, 0.717) is 6.61 Å². The van der Waals surface area contributed by atoms with Gasteiger partial charge in [0.1, 0.15) is 6.10 Å². The van der Waals surface area contributed by atoms with Gasteiger partial charge in [0.15, 0.2) is 0 Å². The number of hydrogen-bond acceptors (Lipinski definition) is 6. The molecule has 0 aliphatic carbocycles. The molecule has 0 saturated carbocycles. The summed E-state index contributed by atoms with van der Waals surface area (Å²) in [4.78, 5) is 24.4. The number of rotatable bonds is 10. The van der Waals surface area contributed by atoms with Crippen molar-refractivity contribution in [2.24, 2.45) is 0 Å². The summed E-state index contributed by atoms with van der Waals surface area (Å²) in [6.45, 7) is 2.75. The van der Waals surface area contributed by atoms with Gasteiger partial charge in [-0.25, -0.2) is 9.59 Å². The van der Waals surface area contributed by atoms with Crippen molar-refractivity contribution < 1.29 is 28.5 Å². The van der Waals surface area contributed by atoms with E-state index in [4.69, 9.17) is 18.9 Å². The van der Waals surface area contributed by atoms with E-state index >= 15 is 0 Å². The van der Waals surface area contributed by atoms with E-state index in [-0.39, 0.29) is 24.3 Å². The van der Waals surface area contributed by atoms with Gasteiger partial charge in [0, 0.05) is 14.2 Å². The monoisotopic (exact) mass is 324 g/mol. The molecule has 0 N–H and O–H groups in total. The number of benzene rings is 1. The maximum absolute atomic E-state index is 12.3. The van der Waals surface area contributed by atoms with E-state index in [0.717, 1.165) is 12.8 Å². The molecule has 0 amide bonds. The zero-order valence-corrected chi connectivity index (χ0v) is 13.9. The third kappa shape index (κ3) is 6.38. The van der Waals surface area contributed by atoms with Crippen molar-refractivity contribution in [3.63, 3.8) is 0 Å². The Morgan fingerprint density at radius 2 is 1.57 bits per heavy atom. The molecule has 6 heteroatoms. The molecule has 1 rings (SSSR count). The van der Waals surface area contributed by atoms with Crippen LogP contribution in [0.5, 0.6) is 0 Å². The van der Waals surface area contributed by atoms with Crippen LogP contribution in [0.2, 0.25) is 0 Å². The van der Waals surface area contributed by atoms with Gasteiger partial charge in [-0.2, -0.15) is 0 Å². The lowest BCUT2D eigenvalue weighted by Crippen LogP contribution is -2.28. The van der Waals surface area contributed by atoms with Crippen LogP contribution in [0.15, 0.2) is 24.3 Å². The van der Waals surface area contributed by atoms with Crippen LogP contribution >= 0.6 is 0 Å². The molecule has 0 atom stereocenters. The van der Waals surface area contributed by atoms with E-state index in [9.17, 15) is 9.59 Å². The highest BCUT2D eigenvalue weighted by Gasteiger charge is 2.22. The quantitative estimate of drug-likeness (QED) is 0.486. The van der Waals surface area contributed by atoms with Gasteiger partial charge < -0.3 is 18.9 Å². The van der Waals surface area contributed by atoms with Crippen molar-refractivity contribution in [2.75, 3.05) is 34.0 Å². The second-order valence-corrected chi connectivity index (χ2v) is 4.97. The Balaban J connectivity index is 2.82. The largest absolute Gasteiger partial charge is 0.462 e. The maximum Gasteiger partial charge on any atom is 0.339 e. The lowest BCUT2D eigenvalue weighted by atomic mass is 10.1. The second-order valence-electron chi connectivity index (χ2n) is 4.97. The number of ether oxygens (including phenoxy) is 4. The van der Waals surface area contributed by atoms with Crippen LogP contribution in [0, 0.1) is 0 Å². The van der Waals surface area contributed by atoms with Crippen molar-refractivity contribution in [1.29, 1.82) is 0 Å². The average molecular weight is 324 g/mol. The SMILES string of the molecule is CCCCOC(=O)c1ccccc1C(=O)OC(COC)COC. The fourth-order valence-electron chi connectivity index (χ4n) is 1.93. The van der Waals surface area contributed by atoms with E-state index in [1.54, 1.807) is 18.2 Å². The molecule has 0 aliphatic heterocycles. The molecule has 0 spiro atoms. The molecule has 0 saturated heterocycles. The maximum atomic E-state index is 12.3. The van der Waals surface area contributed by atoms with E-state index in [1.165, 1.54) is 20.3 Å². The van der Waals surface area contributed by atoms with E-state index < -0.39 is 18.0 Å². The topological polar surface area (TPSA) is 71.1 Å². The summed E-state index contributed by atoms with van der Waals surface area (Å²) in [6.07, 6.45) is 1.16. The Bertz CT molecular complexity index is 494. The number of carbonyl (C=O) groups excluding carboxylic acids is 2. The Morgan fingerprint density at radius 1 is 1.00 bits per heavy atom. The molecule has 1 aromatic carbocycles. The van der Waals surface area contributed by atoms with Gasteiger partial charge in [0.05, 0.1) is 30.9 Å². The highest BCUT2D eigenvalue weighted by Crippen LogP contribution is 2.13. The number of carbonyl (C=O) groups is 2. The molecule has 128 valence electrons. The fourth-order valence-corrected chi connectivity index (χ4v) is 1.93. The minimum Gasteiger partial charge on any atom is -0.462 e. The molecule has 1 aromatic rings. The van der Waals surface area contributed by atoms with Gasteiger partial charge in [0.25, 0.3) is 0 Å². The van der Waals surface area contributed by atoms with Crippen LogP contribution in [0.1, 0.15) is 40.5 Å². The minimum atomic E-state index is -0.604. The number of methoxy groups -OCH3 is 2. The lowest BCUT2D eigenvalue weighted by molar-refractivity contribution is -0.0225. The van der Waals surface area contributed by atoms with Crippen molar-refractivity contribution in [2.45, 2.75) is 25.9 Å². The average Bonchev–Trinajstić information content (AvgIpc) is 2.55. The van der Waals surface area contributed by atoms with Crippen molar-refractivity contribution in [1.82, 2.24) is 0 Å². The second kappa shape index (κ2) is 10.7. The Morgan fingerprint density at radius 3 is 2.09 bits per heavy atom. The van der Waals surface area contributed by atoms with Gasteiger partial charge in [-0.1, -0.05) is 25.5 Å². The standard InChI is InChI=1S/C17H24O6/c1-4-5-10-22-16(18)14-8-6-7-9-15(14)17(19)23-13(11-20-2)12-21-3/h6-9,13H,4-5,10-12H2,1-3H3. The summed E-state index contributed by atoms with van der Waals surface area (Å²) in [5.74, 6) is -1.13. The van der Waals surface area contributed by atoms with E-state index in [2.05, 4.69) is 0 Å². The number of esters is 2. The molecule has 0 aliphatic rings. The molecule has 23 heavy (non-hydrogen) atoms. The summed E-state index contributed by atoms with van der Waals surface area (Å²) < 4.78 is 20.5. The highest BCUT2D eigenvalue weighted by atomic mass is 16.6. The Kier molecular flexibility index (Phi) is 8.94. The lowest BCUT2D eigenvalue weighted by Gasteiger charge is -2.17. The third-order valence-corrected chi connectivity index (χ3v) is 3.08. The minimum absolute atomic E-state index is 0.172. The molecule has 0 unspecified atom stereocenters. The van der Waals surface area contributed by atoms with Crippen molar-refractivity contribution in [3.8, 4) is 0 Å². The predicted molar refractivity (Wildman–Crippen MR) is 84.6 cm³/mol. The summed E-state index contributed by atoms with van der Waals surface area (Å²) in [5, 5.41) is 0. The molecule has 0 radical (unpaired) electrons. The first kappa shape index (κ1) is 19.1.